The minimum atomic E-state index is 1.08. The number of aromatic nitrogens is 1. The van der Waals surface area contributed by atoms with Crippen LogP contribution in [0, 0.1) is 0 Å². The van der Waals surface area contributed by atoms with Crippen LogP contribution >= 0.6 is 15.9 Å². The smallest absolute Gasteiger partial charge is 0.0538 e. The van der Waals surface area contributed by atoms with E-state index in [4.69, 9.17) is 0 Å². The molecule has 1 aromatic heterocycles. The SMILES string of the molecule is Brc1ccc2c(c1)c1c(n2-c2cccc(-c3ccccc3)c2)CCC=C1. The van der Waals surface area contributed by atoms with E-state index in [-0.39, 0.29) is 0 Å². The fraction of sp³-hybridized carbons (Fsp3) is 0.0833. The third kappa shape index (κ3) is 2.53. The number of rotatable bonds is 2. The molecule has 0 bridgehead atoms. The number of hydrogen-bond donors (Lipinski definition) is 0. The summed E-state index contributed by atoms with van der Waals surface area (Å²) in [7, 11) is 0. The molecule has 0 unspecified atom stereocenters. The molecule has 1 nitrogen and oxygen atoms in total. The Kier molecular flexibility index (Phi) is 3.79. The first-order chi connectivity index (χ1) is 12.8. The lowest BCUT2D eigenvalue weighted by Gasteiger charge is -2.14. The zero-order valence-corrected chi connectivity index (χ0v) is 15.9. The lowest BCUT2D eigenvalue weighted by molar-refractivity contribution is 0.889. The minimum absolute atomic E-state index is 1.08. The summed E-state index contributed by atoms with van der Waals surface area (Å²) >= 11 is 3.63. The fourth-order valence-corrected chi connectivity index (χ4v) is 4.31. The molecule has 0 spiro atoms. The molecular formula is C24H18BrN. The van der Waals surface area contributed by atoms with Crippen molar-refractivity contribution < 1.29 is 0 Å². The van der Waals surface area contributed by atoms with Gasteiger partial charge in [0.15, 0.2) is 0 Å². The monoisotopic (exact) mass is 399 g/mol. The Bertz CT molecular complexity index is 1140. The lowest BCUT2D eigenvalue weighted by Crippen LogP contribution is -2.03. The average Bonchev–Trinajstić information content (AvgIpc) is 3.02. The molecule has 1 aliphatic carbocycles. The second-order valence-corrected chi connectivity index (χ2v) is 7.63. The zero-order valence-electron chi connectivity index (χ0n) is 14.3. The van der Waals surface area contributed by atoms with Crippen LogP contribution in [0.1, 0.15) is 17.7 Å². The van der Waals surface area contributed by atoms with Crippen LogP contribution in [0.15, 0.2) is 83.3 Å². The Labute approximate surface area is 161 Å². The first-order valence-electron chi connectivity index (χ1n) is 8.96. The normalized spacial score (nSPS) is 13.1. The number of allylic oxidation sites excluding steroid dienone is 1. The van der Waals surface area contributed by atoms with Gasteiger partial charge in [-0.2, -0.15) is 0 Å². The van der Waals surface area contributed by atoms with Crippen molar-refractivity contribution in [3.05, 3.63) is 94.6 Å². The molecule has 0 radical (unpaired) electrons. The molecule has 5 rings (SSSR count). The van der Waals surface area contributed by atoms with Crippen LogP contribution in [0.25, 0.3) is 33.8 Å². The maximum absolute atomic E-state index is 3.63. The third-order valence-corrected chi connectivity index (χ3v) is 5.61. The lowest BCUT2D eigenvalue weighted by atomic mass is 10.0. The second-order valence-electron chi connectivity index (χ2n) is 6.71. The molecule has 0 N–H and O–H groups in total. The molecule has 0 aliphatic heterocycles. The van der Waals surface area contributed by atoms with Crippen molar-refractivity contribution in [3.63, 3.8) is 0 Å². The van der Waals surface area contributed by atoms with E-state index in [1.54, 1.807) is 0 Å². The summed E-state index contributed by atoms with van der Waals surface area (Å²) in [6.07, 6.45) is 6.75. The van der Waals surface area contributed by atoms with Crippen LogP contribution in [-0.4, -0.2) is 4.57 Å². The van der Waals surface area contributed by atoms with Crippen molar-refractivity contribution in [1.29, 1.82) is 0 Å². The van der Waals surface area contributed by atoms with Gasteiger partial charge >= 0.3 is 0 Å². The number of halogens is 1. The first kappa shape index (κ1) is 15.7. The number of hydrogen-bond acceptors (Lipinski definition) is 0. The maximum atomic E-state index is 3.63. The molecule has 0 saturated heterocycles. The highest BCUT2D eigenvalue weighted by atomic mass is 79.9. The van der Waals surface area contributed by atoms with Crippen LogP contribution in [0.3, 0.4) is 0 Å². The molecule has 3 aromatic carbocycles. The van der Waals surface area contributed by atoms with Gasteiger partial charge in [-0.05, 0) is 54.3 Å². The van der Waals surface area contributed by atoms with Crippen molar-refractivity contribution in [3.8, 4) is 16.8 Å². The van der Waals surface area contributed by atoms with E-state index in [1.165, 1.54) is 39.0 Å². The molecule has 0 fully saturated rings. The first-order valence-corrected chi connectivity index (χ1v) is 9.76. The highest BCUT2D eigenvalue weighted by Crippen LogP contribution is 2.36. The highest BCUT2D eigenvalue weighted by Gasteiger charge is 2.18. The minimum Gasteiger partial charge on any atom is -0.313 e. The number of nitrogens with zero attached hydrogens (tertiary/aromatic N) is 1. The summed E-state index contributed by atoms with van der Waals surface area (Å²) in [5, 5.41) is 1.32. The van der Waals surface area contributed by atoms with Crippen LogP contribution < -0.4 is 0 Å². The van der Waals surface area contributed by atoms with E-state index in [2.05, 4.69) is 105 Å². The van der Waals surface area contributed by atoms with Gasteiger partial charge < -0.3 is 4.57 Å². The molecule has 1 aliphatic rings. The molecule has 1 heterocycles. The van der Waals surface area contributed by atoms with Gasteiger partial charge in [-0.15, -0.1) is 0 Å². The summed E-state index contributed by atoms with van der Waals surface area (Å²) < 4.78 is 3.56. The highest BCUT2D eigenvalue weighted by molar-refractivity contribution is 9.10. The van der Waals surface area contributed by atoms with Crippen molar-refractivity contribution in [1.82, 2.24) is 4.57 Å². The van der Waals surface area contributed by atoms with Crippen molar-refractivity contribution in [2.75, 3.05) is 0 Å². The van der Waals surface area contributed by atoms with E-state index < -0.39 is 0 Å². The van der Waals surface area contributed by atoms with Crippen LogP contribution in [0.4, 0.5) is 0 Å². The maximum Gasteiger partial charge on any atom is 0.0538 e. The summed E-state index contributed by atoms with van der Waals surface area (Å²) in [4.78, 5) is 0. The molecular weight excluding hydrogens is 382 g/mol. The van der Waals surface area contributed by atoms with Gasteiger partial charge in [0.05, 0.1) is 5.52 Å². The van der Waals surface area contributed by atoms with E-state index in [0.717, 1.165) is 17.3 Å². The average molecular weight is 400 g/mol. The van der Waals surface area contributed by atoms with E-state index in [1.807, 2.05) is 0 Å². The van der Waals surface area contributed by atoms with Crippen LogP contribution in [-0.2, 0) is 6.42 Å². The van der Waals surface area contributed by atoms with E-state index in [9.17, 15) is 0 Å². The van der Waals surface area contributed by atoms with E-state index >= 15 is 0 Å². The van der Waals surface area contributed by atoms with Gasteiger partial charge in [0.1, 0.15) is 0 Å². The second kappa shape index (κ2) is 6.30. The number of benzene rings is 3. The van der Waals surface area contributed by atoms with Gasteiger partial charge in [0.25, 0.3) is 0 Å². The molecule has 4 aromatic rings. The zero-order chi connectivity index (χ0) is 17.5. The third-order valence-electron chi connectivity index (χ3n) is 5.11. The van der Waals surface area contributed by atoms with Gasteiger partial charge in [-0.25, -0.2) is 0 Å². The van der Waals surface area contributed by atoms with E-state index in [0.29, 0.717) is 0 Å². The largest absolute Gasteiger partial charge is 0.313 e. The predicted molar refractivity (Wildman–Crippen MR) is 114 cm³/mol. The van der Waals surface area contributed by atoms with Gasteiger partial charge in [-0.1, -0.05) is 70.5 Å². The molecule has 126 valence electrons. The van der Waals surface area contributed by atoms with Gasteiger partial charge in [-0.3, -0.25) is 0 Å². The fourth-order valence-electron chi connectivity index (χ4n) is 3.94. The standard InChI is InChI=1S/C24H18BrN/c25-19-13-14-24-22(16-19)21-11-4-5-12-23(21)26(24)20-10-6-9-18(15-20)17-7-2-1-3-8-17/h1-4,6-11,13-16H,5,12H2. The van der Waals surface area contributed by atoms with Gasteiger partial charge in [0.2, 0.25) is 0 Å². The Morgan fingerprint density at radius 3 is 2.54 bits per heavy atom. The molecule has 0 amide bonds. The summed E-state index contributed by atoms with van der Waals surface area (Å²) in [5.74, 6) is 0. The summed E-state index contributed by atoms with van der Waals surface area (Å²) in [6.45, 7) is 0. The molecule has 0 atom stereocenters. The molecule has 2 heteroatoms. The van der Waals surface area contributed by atoms with Crippen LogP contribution in [0.5, 0.6) is 0 Å². The molecule has 26 heavy (non-hydrogen) atoms. The Hall–Kier alpha value is -2.58. The Morgan fingerprint density at radius 1 is 0.808 bits per heavy atom. The predicted octanol–water partition coefficient (Wildman–Crippen LogP) is 7.02. The van der Waals surface area contributed by atoms with Crippen molar-refractivity contribution in [2.24, 2.45) is 0 Å². The van der Waals surface area contributed by atoms with Crippen LogP contribution in [0.2, 0.25) is 0 Å². The summed E-state index contributed by atoms with van der Waals surface area (Å²) in [6, 6.07) is 26.0. The Morgan fingerprint density at radius 2 is 1.65 bits per heavy atom. The van der Waals surface area contributed by atoms with Crippen molar-refractivity contribution in [2.45, 2.75) is 12.8 Å². The topological polar surface area (TPSA) is 4.93 Å². The van der Waals surface area contributed by atoms with Gasteiger partial charge in [0, 0.05) is 26.8 Å². The quantitative estimate of drug-likeness (QED) is 0.341. The molecule has 0 saturated carbocycles. The van der Waals surface area contributed by atoms with Crippen molar-refractivity contribution >= 4 is 32.9 Å². The summed E-state index contributed by atoms with van der Waals surface area (Å²) in [5.41, 5.74) is 7.78. The number of fused-ring (bicyclic) bond motifs is 3. The Balaban J connectivity index is 1.77.